The van der Waals surface area contributed by atoms with Crippen molar-refractivity contribution >= 4 is 11.7 Å². The number of hydrogen-bond acceptors (Lipinski definition) is 4. The molecule has 4 aromatic rings. The maximum absolute atomic E-state index is 15.0. The summed E-state index contributed by atoms with van der Waals surface area (Å²) in [6.45, 7) is 7.83. The molecule has 0 radical (unpaired) electrons. The fourth-order valence-electron chi connectivity index (χ4n) is 6.07. The van der Waals surface area contributed by atoms with Gasteiger partial charge in [-0.05, 0) is 55.1 Å². The van der Waals surface area contributed by atoms with Crippen LogP contribution in [0.15, 0.2) is 103 Å². The van der Waals surface area contributed by atoms with E-state index in [9.17, 15) is 14.3 Å². The first-order valence-electron chi connectivity index (χ1n) is 15.4. The van der Waals surface area contributed by atoms with E-state index in [1.807, 2.05) is 71.1 Å². The molecule has 1 unspecified atom stereocenters. The lowest BCUT2D eigenvalue weighted by molar-refractivity contribution is 0.0725. The van der Waals surface area contributed by atoms with Crippen molar-refractivity contribution in [3.63, 3.8) is 0 Å². The predicted molar refractivity (Wildman–Crippen MR) is 175 cm³/mol. The number of benzene rings is 3. The highest BCUT2D eigenvalue weighted by Gasteiger charge is 2.37. The molecule has 44 heavy (non-hydrogen) atoms. The van der Waals surface area contributed by atoms with E-state index in [-0.39, 0.29) is 34.6 Å². The van der Waals surface area contributed by atoms with Gasteiger partial charge in [-0.3, -0.25) is 4.79 Å². The highest BCUT2D eigenvalue weighted by Crippen LogP contribution is 2.44. The summed E-state index contributed by atoms with van der Waals surface area (Å²) < 4.78 is 16.9. The zero-order valence-electron chi connectivity index (χ0n) is 26.1. The summed E-state index contributed by atoms with van der Waals surface area (Å²) in [5, 5.41) is 14.7. The Hall–Kier alpha value is -4.36. The van der Waals surface area contributed by atoms with Gasteiger partial charge in [-0.25, -0.2) is 4.39 Å². The molecule has 0 aliphatic carbocycles. The maximum Gasteiger partial charge on any atom is 0.274 e. The van der Waals surface area contributed by atoms with Gasteiger partial charge in [0, 0.05) is 30.3 Å². The Kier molecular flexibility index (Phi) is 9.55. The van der Waals surface area contributed by atoms with E-state index in [2.05, 4.69) is 49.2 Å². The summed E-state index contributed by atoms with van der Waals surface area (Å²) in [6, 6.07) is 28.2. The van der Waals surface area contributed by atoms with Crippen LogP contribution in [0.3, 0.4) is 0 Å². The summed E-state index contributed by atoms with van der Waals surface area (Å²) in [7, 11) is 1.87. The summed E-state index contributed by atoms with van der Waals surface area (Å²) in [5.41, 5.74) is 3.82. The summed E-state index contributed by atoms with van der Waals surface area (Å²) in [5.74, 6) is 0.0988. The van der Waals surface area contributed by atoms with Crippen LogP contribution >= 0.6 is 0 Å². The average Bonchev–Trinajstić information content (AvgIpc) is 3.36. The highest BCUT2D eigenvalue weighted by atomic mass is 19.1. The lowest BCUT2D eigenvalue weighted by atomic mass is 9.87. The molecular formula is C37H43FN4O2. The first-order chi connectivity index (χ1) is 21.2. The van der Waals surface area contributed by atoms with Crippen LogP contribution in [0.1, 0.15) is 60.4 Å². The predicted octanol–water partition coefficient (Wildman–Crippen LogP) is 7.32. The molecule has 1 aliphatic rings. The molecule has 1 aromatic heterocycles. The van der Waals surface area contributed by atoms with Crippen molar-refractivity contribution in [3.8, 4) is 5.75 Å². The minimum atomic E-state index is -0.382. The number of nitrogens with zero attached hydrogens (tertiary/aromatic N) is 3. The van der Waals surface area contributed by atoms with Crippen LogP contribution in [0.2, 0.25) is 0 Å². The summed E-state index contributed by atoms with van der Waals surface area (Å²) in [4.78, 5) is 18.5. The standard InChI is InChI=1S/C37H43FN4O2/c1-37(2,3)33-23-30(22-29-19-11-12-20-31(29)38)42-34(41(33)26-39-4)24-32(43)35(42)36(44)40(25-28-16-9-6-10-17-28)21-13-18-27-14-7-5-8-15-27/h5-12,14-17,19-20,23-24,30,39,43H,13,18,21-22,25-26H2,1-4H3. The molecule has 2 heterocycles. The minimum absolute atomic E-state index is 0.0747. The number of carbonyl (C=O) groups excluding carboxylic acids is 1. The van der Waals surface area contributed by atoms with Crippen LogP contribution in [0, 0.1) is 11.2 Å². The second-order valence-electron chi connectivity index (χ2n) is 12.5. The first kappa shape index (κ1) is 31.1. The molecule has 3 aromatic carbocycles. The van der Waals surface area contributed by atoms with Gasteiger partial charge < -0.3 is 24.8 Å². The largest absolute Gasteiger partial charge is 0.505 e. The molecule has 230 valence electrons. The Balaban J connectivity index is 1.57. The number of hydrogen-bond donors (Lipinski definition) is 2. The van der Waals surface area contributed by atoms with E-state index in [4.69, 9.17) is 0 Å². The minimum Gasteiger partial charge on any atom is -0.505 e. The summed E-state index contributed by atoms with van der Waals surface area (Å²) >= 11 is 0. The number of allylic oxidation sites excluding steroid dienone is 2. The van der Waals surface area contributed by atoms with Crippen molar-refractivity contribution in [1.29, 1.82) is 0 Å². The number of anilines is 1. The molecule has 1 atom stereocenters. The molecule has 2 N–H and O–H groups in total. The maximum atomic E-state index is 15.0. The van der Waals surface area contributed by atoms with Gasteiger partial charge in [-0.2, -0.15) is 0 Å². The van der Waals surface area contributed by atoms with E-state index in [0.717, 1.165) is 24.1 Å². The lowest BCUT2D eigenvalue weighted by Crippen LogP contribution is -2.42. The van der Waals surface area contributed by atoms with Crippen molar-refractivity contribution in [1.82, 2.24) is 14.8 Å². The van der Waals surface area contributed by atoms with E-state index >= 15 is 0 Å². The molecule has 5 rings (SSSR count). The van der Waals surface area contributed by atoms with Crippen molar-refractivity contribution in [2.75, 3.05) is 25.2 Å². The molecule has 1 amide bonds. The number of carbonyl (C=O) groups is 1. The third kappa shape index (κ3) is 6.89. The van der Waals surface area contributed by atoms with Gasteiger partial charge in [-0.1, -0.05) is 99.6 Å². The highest BCUT2D eigenvalue weighted by molar-refractivity contribution is 5.97. The number of aromatic nitrogens is 1. The van der Waals surface area contributed by atoms with Crippen LogP contribution in [-0.2, 0) is 19.4 Å². The van der Waals surface area contributed by atoms with E-state index in [1.165, 1.54) is 11.6 Å². The molecular weight excluding hydrogens is 551 g/mol. The van der Waals surface area contributed by atoms with Crippen molar-refractivity contribution < 1.29 is 14.3 Å². The Morgan fingerprint density at radius 2 is 1.59 bits per heavy atom. The molecule has 0 saturated heterocycles. The number of fused-ring (bicyclic) bond motifs is 1. The van der Waals surface area contributed by atoms with Crippen LogP contribution in [-0.4, -0.2) is 40.7 Å². The number of nitrogens with one attached hydrogen (secondary N) is 1. The number of rotatable bonds is 11. The quantitative estimate of drug-likeness (QED) is 0.191. The van der Waals surface area contributed by atoms with Gasteiger partial charge in [0.15, 0.2) is 5.69 Å². The lowest BCUT2D eigenvalue weighted by Gasteiger charge is -2.41. The summed E-state index contributed by atoms with van der Waals surface area (Å²) in [6.07, 6.45) is 4.08. The topological polar surface area (TPSA) is 60.7 Å². The van der Waals surface area contributed by atoms with Crippen molar-refractivity contribution in [2.24, 2.45) is 5.41 Å². The van der Waals surface area contributed by atoms with Crippen LogP contribution < -0.4 is 10.2 Å². The second-order valence-corrected chi connectivity index (χ2v) is 12.5. The molecule has 1 aliphatic heterocycles. The molecule has 0 spiro atoms. The molecule has 0 saturated carbocycles. The fraction of sp³-hybridized carbons (Fsp3) is 0.324. The average molecular weight is 595 g/mol. The van der Waals surface area contributed by atoms with Gasteiger partial charge in [0.1, 0.15) is 17.4 Å². The normalized spacial score (nSPS) is 14.7. The van der Waals surface area contributed by atoms with Crippen LogP contribution in [0.5, 0.6) is 5.75 Å². The third-order valence-corrected chi connectivity index (χ3v) is 8.16. The van der Waals surface area contributed by atoms with Gasteiger partial charge >= 0.3 is 0 Å². The smallest absolute Gasteiger partial charge is 0.274 e. The van der Waals surface area contributed by atoms with Gasteiger partial charge in [0.2, 0.25) is 0 Å². The Bertz CT molecular complexity index is 1590. The fourth-order valence-corrected chi connectivity index (χ4v) is 6.07. The molecule has 7 heteroatoms. The molecule has 6 nitrogen and oxygen atoms in total. The van der Waals surface area contributed by atoms with Crippen LogP contribution in [0.25, 0.3) is 0 Å². The first-order valence-corrected chi connectivity index (χ1v) is 15.4. The van der Waals surface area contributed by atoms with Gasteiger partial charge in [0.05, 0.1) is 12.7 Å². The number of aromatic hydroxyl groups is 1. The molecule has 0 fully saturated rings. The molecule has 0 bridgehead atoms. The number of aryl methyl sites for hydroxylation is 1. The SMILES string of the molecule is CNCN1C(C(C)(C)C)=CC(Cc2ccccc2F)n2c1cc(O)c2C(=O)N(CCCc1ccccc1)Cc1ccccc1. The van der Waals surface area contributed by atoms with Gasteiger partial charge in [-0.15, -0.1) is 0 Å². The Labute approximate surface area is 260 Å². The van der Waals surface area contributed by atoms with E-state index < -0.39 is 0 Å². The second kappa shape index (κ2) is 13.5. The van der Waals surface area contributed by atoms with Gasteiger partial charge in [0.25, 0.3) is 5.91 Å². The zero-order valence-corrected chi connectivity index (χ0v) is 26.1. The van der Waals surface area contributed by atoms with E-state index in [1.54, 1.807) is 18.2 Å². The van der Waals surface area contributed by atoms with Crippen molar-refractivity contribution in [3.05, 3.63) is 131 Å². The zero-order chi connectivity index (χ0) is 31.3. The number of amides is 1. The van der Waals surface area contributed by atoms with Crippen LogP contribution in [0.4, 0.5) is 10.2 Å². The number of halogens is 1. The monoisotopic (exact) mass is 594 g/mol. The Morgan fingerprint density at radius 1 is 0.955 bits per heavy atom. The third-order valence-electron chi connectivity index (χ3n) is 8.16. The van der Waals surface area contributed by atoms with E-state index in [0.29, 0.717) is 37.6 Å². The Morgan fingerprint density at radius 3 is 2.23 bits per heavy atom. The van der Waals surface area contributed by atoms with Crippen molar-refractivity contribution in [2.45, 2.75) is 52.6 Å².